The molecule has 0 radical (unpaired) electrons. The minimum atomic E-state index is -0.900. The van der Waals surface area contributed by atoms with Crippen molar-refractivity contribution >= 4 is 29.1 Å². The molecule has 39 heavy (non-hydrogen) atoms. The fourth-order valence-electron chi connectivity index (χ4n) is 4.38. The molecule has 0 bridgehead atoms. The van der Waals surface area contributed by atoms with E-state index in [4.69, 9.17) is 19.7 Å². The first-order valence-corrected chi connectivity index (χ1v) is 13.0. The summed E-state index contributed by atoms with van der Waals surface area (Å²) in [6, 6.07) is 23.0. The van der Waals surface area contributed by atoms with Crippen LogP contribution in [0.2, 0.25) is 0 Å². The first-order valence-electron chi connectivity index (χ1n) is 12.1. The Hall–Kier alpha value is -4.81. The molecule has 0 spiro atoms. The minimum Gasteiger partial charge on any atom is -0.478 e. The lowest BCUT2D eigenvalue weighted by Gasteiger charge is -2.25. The van der Waals surface area contributed by atoms with Crippen molar-refractivity contribution in [3.8, 4) is 11.8 Å². The molecule has 0 saturated carbocycles. The van der Waals surface area contributed by atoms with Crippen LogP contribution < -0.4 is 19.6 Å². The van der Waals surface area contributed by atoms with Crippen molar-refractivity contribution in [1.82, 2.24) is 4.57 Å². The van der Waals surface area contributed by atoms with Crippen LogP contribution in [0.4, 0.5) is 4.39 Å². The third-order valence-corrected chi connectivity index (χ3v) is 7.04. The van der Waals surface area contributed by atoms with Crippen molar-refractivity contribution in [2.45, 2.75) is 13.0 Å². The third kappa shape index (κ3) is 5.15. The summed E-state index contributed by atoms with van der Waals surface area (Å²) in [4.78, 5) is 32.5. The number of hydrogen-bond acceptors (Lipinski definition) is 7. The number of ether oxygens (including phenoxy) is 2. The summed E-state index contributed by atoms with van der Waals surface area (Å²) in [6.45, 7) is 1.69. The molecule has 194 valence electrons. The van der Waals surface area contributed by atoms with Crippen molar-refractivity contribution in [2.75, 3.05) is 13.2 Å². The van der Waals surface area contributed by atoms with Crippen molar-refractivity contribution in [2.24, 2.45) is 4.99 Å². The predicted octanol–water partition coefficient (Wildman–Crippen LogP) is 3.98. The van der Waals surface area contributed by atoms with Crippen LogP contribution in [-0.2, 0) is 9.53 Å². The van der Waals surface area contributed by atoms with Crippen LogP contribution in [0.15, 0.2) is 94.2 Å². The SMILES string of the molecule is CCOC(=O)C1=C(c2ccccc2)N=c2s/c(=C\c3ccccc3OCC#N)c(=O)n2[C@@H]1c1ccc(F)cc1. The number of nitriles is 1. The van der Waals surface area contributed by atoms with Crippen molar-refractivity contribution in [3.05, 3.63) is 127 Å². The van der Waals surface area contributed by atoms with E-state index in [1.165, 1.54) is 16.7 Å². The monoisotopic (exact) mass is 539 g/mol. The number of carbonyl (C=O) groups is 1. The third-order valence-electron chi connectivity index (χ3n) is 6.06. The van der Waals surface area contributed by atoms with Crippen molar-refractivity contribution < 1.29 is 18.7 Å². The smallest absolute Gasteiger partial charge is 0.338 e. The molecule has 9 heteroatoms. The number of thiazole rings is 1. The standard InChI is InChI=1S/C30H22FN3O4S/c1-2-37-29(36)25-26(19-8-4-3-5-9-19)33-30-34(27(25)20-12-14-22(31)15-13-20)28(35)24(39-30)18-21-10-6-7-11-23(21)38-17-16-32/h3-15,18,27H,2,17H2,1H3/b24-18-/t27-/m1/s1. The van der Waals surface area contributed by atoms with Crippen LogP contribution in [0.25, 0.3) is 11.8 Å². The van der Waals surface area contributed by atoms with E-state index in [1.807, 2.05) is 36.4 Å². The van der Waals surface area contributed by atoms with E-state index < -0.39 is 17.8 Å². The zero-order valence-corrected chi connectivity index (χ0v) is 21.7. The van der Waals surface area contributed by atoms with Gasteiger partial charge in [0.25, 0.3) is 5.56 Å². The number of para-hydroxylation sites is 1. The van der Waals surface area contributed by atoms with Crippen molar-refractivity contribution in [1.29, 1.82) is 5.26 Å². The first kappa shape index (κ1) is 25.8. The van der Waals surface area contributed by atoms with E-state index in [0.29, 0.717) is 37.5 Å². The summed E-state index contributed by atoms with van der Waals surface area (Å²) in [5.74, 6) is -0.596. The van der Waals surface area contributed by atoms with Gasteiger partial charge in [0, 0.05) is 11.1 Å². The summed E-state index contributed by atoms with van der Waals surface area (Å²) in [7, 11) is 0. The number of aromatic nitrogens is 1. The molecular formula is C30H22FN3O4S. The molecule has 2 heterocycles. The number of fused-ring (bicyclic) bond motifs is 1. The summed E-state index contributed by atoms with van der Waals surface area (Å²) in [6.07, 6.45) is 1.68. The number of halogens is 1. The predicted molar refractivity (Wildman–Crippen MR) is 145 cm³/mol. The highest BCUT2D eigenvalue weighted by atomic mass is 32.1. The first-order chi connectivity index (χ1) is 19.0. The van der Waals surface area contributed by atoms with E-state index in [9.17, 15) is 14.0 Å². The van der Waals surface area contributed by atoms with E-state index in [1.54, 1.807) is 49.4 Å². The van der Waals surface area contributed by atoms with Gasteiger partial charge in [-0.25, -0.2) is 14.2 Å². The number of esters is 1. The molecule has 0 unspecified atom stereocenters. The van der Waals surface area contributed by atoms with Gasteiger partial charge in [0.2, 0.25) is 0 Å². The van der Waals surface area contributed by atoms with Gasteiger partial charge < -0.3 is 9.47 Å². The zero-order chi connectivity index (χ0) is 27.4. The fourth-order valence-corrected chi connectivity index (χ4v) is 5.38. The molecule has 1 aliphatic rings. The molecule has 0 fully saturated rings. The Morgan fingerprint density at radius 1 is 1.10 bits per heavy atom. The molecule has 0 aliphatic carbocycles. The van der Waals surface area contributed by atoms with Gasteiger partial charge in [0.1, 0.15) is 17.6 Å². The number of nitrogens with zero attached hydrogens (tertiary/aromatic N) is 3. The van der Waals surface area contributed by atoms with Gasteiger partial charge in [-0.2, -0.15) is 5.26 Å². The van der Waals surface area contributed by atoms with E-state index in [-0.39, 0.29) is 24.3 Å². The molecule has 0 saturated heterocycles. The van der Waals surface area contributed by atoms with Crippen LogP contribution in [0.5, 0.6) is 5.75 Å². The van der Waals surface area contributed by atoms with Gasteiger partial charge in [-0.1, -0.05) is 72.0 Å². The molecule has 3 aromatic carbocycles. The number of rotatable bonds is 7. The van der Waals surface area contributed by atoms with Crippen LogP contribution >= 0.6 is 11.3 Å². The molecule has 0 amide bonds. The number of hydrogen-bond donors (Lipinski definition) is 0. The summed E-state index contributed by atoms with van der Waals surface area (Å²) >= 11 is 1.16. The van der Waals surface area contributed by atoms with Gasteiger partial charge in [0.15, 0.2) is 11.4 Å². The second kappa shape index (κ2) is 11.3. The Kier molecular flexibility index (Phi) is 7.48. The van der Waals surface area contributed by atoms with Gasteiger partial charge in [0.05, 0.1) is 28.5 Å². The molecule has 1 aromatic heterocycles. The highest BCUT2D eigenvalue weighted by Gasteiger charge is 2.35. The van der Waals surface area contributed by atoms with E-state index in [0.717, 1.165) is 11.3 Å². The lowest BCUT2D eigenvalue weighted by molar-refractivity contribution is -0.138. The minimum absolute atomic E-state index is 0.129. The van der Waals surface area contributed by atoms with Crippen LogP contribution in [0.1, 0.15) is 29.7 Å². The van der Waals surface area contributed by atoms with E-state index in [2.05, 4.69) is 0 Å². The maximum absolute atomic E-state index is 13.9. The molecule has 7 nitrogen and oxygen atoms in total. The second-order valence-electron chi connectivity index (χ2n) is 8.47. The largest absolute Gasteiger partial charge is 0.478 e. The Labute approximate surface area is 227 Å². The van der Waals surface area contributed by atoms with Gasteiger partial charge >= 0.3 is 5.97 Å². The zero-order valence-electron chi connectivity index (χ0n) is 20.8. The maximum atomic E-state index is 13.9. The highest BCUT2D eigenvalue weighted by Crippen LogP contribution is 2.35. The lowest BCUT2D eigenvalue weighted by atomic mass is 9.93. The normalized spacial score (nSPS) is 14.8. The second-order valence-corrected chi connectivity index (χ2v) is 9.48. The summed E-state index contributed by atoms with van der Waals surface area (Å²) < 4.78 is 26.6. The van der Waals surface area contributed by atoms with Crippen LogP contribution in [0, 0.1) is 17.1 Å². The fraction of sp³-hybridized carbons (Fsp3) is 0.133. The lowest BCUT2D eigenvalue weighted by Crippen LogP contribution is -2.40. The Morgan fingerprint density at radius 3 is 2.54 bits per heavy atom. The van der Waals surface area contributed by atoms with Gasteiger partial charge in [-0.15, -0.1) is 0 Å². The van der Waals surface area contributed by atoms with Gasteiger partial charge in [-0.3, -0.25) is 9.36 Å². The topological polar surface area (TPSA) is 93.7 Å². The summed E-state index contributed by atoms with van der Waals surface area (Å²) in [5, 5.41) is 8.93. The average molecular weight is 540 g/mol. The van der Waals surface area contributed by atoms with Crippen molar-refractivity contribution in [3.63, 3.8) is 0 Å². The molecule has 5 rings (SSSR count). The molecule has 1 aliphatic heterocycles. The average Bonchev–Trinajstić information content (AvgIpc) is 3.27. The highest BCUT2D eigenvalue weighted by molar-refractivity contribution is 7.07. The number of benzene rings is 3. The number of carbonyl (C=O) groups excluding carboxylic acids is 1. The van der Waals surface area contributed by atoms with Crippen LogP contribution in [-0.4, -0.2) is 23.8 Å². The molecule has 1 atom stereocenters. The Balaban J connectivity index is 1.80. The Morgan fingerprint density at radius 2 is 1.82 bits per heavy atom. The molecule has 4 aromatic rings. The van der Waals surface area contributed by atoms with E-state index >= 15 is 0 Å². The summed E-state index contributed by atoms with van der Waals surface area (Å²) in [5.41, 5.74) is 2.02. The van der Waals surface area contributed by atoms with Crippen LogP contribution in [0.3, 0.4) is 0 Å². The maximum Gasteiger partial charge on any atom is 0.338 e. The molecule has 0 N–H and O–H groups in total. The molecular weight excluding hydrogens is 517 g/mol. The quantitative estimate of drug-likeness (QED) is 0.331. The van der Waals surface area contributed by atoms with Gasteiger partial charge in [-0.05, 0) is 36.8 Å². The Bertz CT molecular complexity index is 1780.